The van der Waals surface area contributed by atoms with E-state index in [0.717, 1.165) is 19.1 Å². The third kappa shape index (κ3) is 3.57. The lowest BCUT2D eigenvalue weighted by molar-refractivity contribution is -0.182. The molecular weight excluding hydrogens is 305 g/mol. The fraction of sp³-hybridized carbons (Fsp3) is 0.375. The van der Waals surface area contributed by atoms with Gasteiger partial charge in [0.2, 0.25) is 0 Å². The summed E-state index contributed by atoms with van der Waals surface area (Å²) in [7, 11) is 0. The van der Waals surface area contributed by atoms with Crippen LogP contribution in [0, 0.1) is 5.82 Å². The first-order chi connectivity index (χ1) is 11.1. The van der Waals surface area contributed by atoms with Crippen molar-refractivity contribution in [2.24, 2.45) is 0 Å². The minimum Gasteiger partial charge on any atom is -0.478 e. The molecule has 7 heteroatoms. The molecule has 1 fully saturated rings. The number of carboxylic acids is 1. The maximum Gasteiger partial charge on any atom is 0.341 e. The van der Waals surface area contributed by atoms with Gasteiger partial charge in [-0.15, -0.1) is 0 Å². The van der Waals surface area contributed by atoms with Gasteiger partial charge in [0, 0.05) is 6.61 Å². The minimum atomic E-state index is -1.17. The Morgan fingerprint density at radius 2 is 2.13 bits per heavy atom. The zero-order valence-corrected chi connectivity index (χ0v) is 12.3. The molecule has 1 saturated heterocycles. The van der Waals surface area contributed by atoms with Crippen molar-refractivity contribution in [3.05, 3.63) is 53.2 Å². The fourth-order valence-corrected chi connectivity index (χ4v) is 2.50. The topological polar surface area (TPSA) is 81.8 Å². The Labute approximate surface area is 131 Å². The second kappa shape index (κ2) is 6.89. The van der Waals surface area contributed by atoms with Crippen molar-refractivity contribution in [3.8, 4) is 0 Å². The molecule has 2 heterocycles. The lowest BCUT2D eigenvalue weighted by Crippen LogP contribution is -2.25. The average molecular weight is 321 g/mol. The standard InChI is InChI=1S/C16H16FNO5/c17-11-6-4-10(5-7-11)15(23-13-3-1-2-8-21-13)14-12(16(19)20)9-22-18-14/h4-7,9,13,15H,1-3,8H2,(H,19,20). The van der Waals surface area contributed by atoms with Crippen LogP contribution in [-0.2, 0) is 9.47 Å². The highest BCUT2D eigenvalue weighted by Gasteiger charge is 2.29. The number of rotatable bonds is 5. The molecule has 122 valence electrons. The molecule has 2 atom stereocenters. The molecule has 0 saturated carbocycles. The van der Waals surface area contributed by atoms with E-state index >= 15 is 0 Å². The quantitative estimate of drug-likeness (QED) is 0.911. The molecule has 1 aromatic heterocycles. The monoisotopic (exact) mass is 321 g/mol. The van der Waals surface area contributed by atoms with E-state index in [0.29, 0.717) is 18.6 Å². The number of nitrogens with zero attached hydrogens (tertiary/aromatic N) is 1. The molecule has 1 aliphatic heterocycles. The Morgan fingerprint density at radius 1 is 1.35 bits per heavy atom. The van der Waals surface area contributed by atoms with Crippen molar-refractivity contribution < 1.29 is 28.3 Å². The summed E-state index contributed by atoms with van der Waals surface area (Å²) in [5, 5.41) is 13.0. The Kier molecular flexibility index (Phi) is 4.68. The molecule has 1 aromatic carbocycles. The van der Waals surface area contributed by atoms with Crippen molar-refractivity contribution in [1.29, 1.82) is 0 Å². The van der Waals surface area contributed by atoms with Crippen molar-refractivity contribution >= 4 is 5.97 Å². The van der Waals surface area contributed by atoms with E-state index in [4.69, 9.17) is 14.0 Å². The van der Waals surface area contributed by atoms with Gasteiger partial charge < -0.3 is 19.1 Å². The lowest BCUT2D eigenvalue weighted by Gasteiger charge is -2.27. The van der Waals surface area contributed by atoms with Crippen LogP contribution < -0.4 is 0 Å². The van der Waals surface area contributed by atoms with Gasteiger partial charge in [-0.2, -0.15) is 0 Å². The van der Waals surface area contributed by atoms with Crippen LogP contribution in [0.4, 0.5) is 4.39 Å². The van der Waals surface area contributed by atoms with E-state index in [9.17, 15) is 14.3 Å². The molecule has 6 nitrogen and oxygen atoms in total. The Balaban J connectivity index is 1.93. The summed E-state index contributed by atoms with van der Waals surface area (Å²) in [4.78, 5) is 11.3. The van der Waals surface area contributed by atoms with Crippen LogP contribution in [0.25, 0.3) is 0 Å². The van der Waals surface area contributed by atoms with Crippen LogP contribution in [0.1, 0.15) is 47.0 Å². The fourth-order valence-electron chi connectivity index (χ4n) is 2.50. The van der Waals surface area contributed by atoms with Crippen molar-refractivity contribution in [3.63, 3.8) is 0 Å². The number of hydrogen-bond acceptors (Lipinski definition) is 5. The van der Waals surface area contributed by atoms with Crippen LogP contribution >= 0.6 is 0 Å². The first kappa shape index (κ1) is 15.6. The van der Waals surface area contributed by atoms with Crippen molar-refractivity contribution in [2.45, 2.75) is 31.7 Å². The van der Waals surface area contributed by atoms with Crippen molar-refractivity contribution in [2.75, 3.05) is 6.61 Å². The second-order valence-corrected chi connectivity index (χ2v) is 5.28. The average Bonchev–Trinajstić information content (AvgIpc) is 3.04. The molecule has 1 aliphatic rings. The summed E-state index contributed by atoms with van der Waals surface area (Å²) >= 11 is 0. The molecule has 2 unspecified atom stereocenters. The van der Waals surface area contributed by atoms with Gasteiger partial charge in [0.05, 0.1) is 0 Å². The van der Waals surface area contributed by atoms with Crippen LogP contribution in [0.15, 0.2) is 35.1 Å². The summed E-state index contributed by atoms with van der Waals surface area (Å²) in [6.45, 7) is 0.589. The van der Waals surface area contributed by atoms with Crippen LogP contribution in [0.5, 0.6) is 0 Å². The molecule has 23 heavy (non-hydrogen) atoms. The summed E-state index contributed by atoms with van der Waals surface area (Å²) in [6.07, 6.45) is 2.43. The molecule has 0 spiro atoms. The molecule has 3 rings (SSSR count). The molecular formula is C16H16FNO5. The third-order valence-electron chi connectivity index (χ3n) is 3.67. The molecule has 0 amide bonds. The Hall–Kier alpha value is -2.25. The highest BCUT2D eigenvalue weighted by atomic mass is 19.1. The van der Waals surface area contributed by atoms with Gasteiger partial charge in [-0.3, -0.25) is 0 Å². The largest absolute Gasteiger partial charge is 0.478 e. The van der Waals surface area contributed by atoms with Gasteiger partial charge in [0.1, 0.15) is 29.4 Å². The minimum absolute atomic E-state index is 0.0878. The zero-order chi connectivity index (χ0) is 16.2. The van der Waals surface area contributed by atoms with E-state index in [1.165, 1.54) is 24.3 Å². The van der Waals surface area contributed by atoms with Gasteiger partial charge in [-0.25, -0.2) is 9.18 Å². The van der Waals surface area contributed by atoms with Gasteiger partial charge in [0.25, 0.3) is 0 Å². The van der Waals surface area contributed by atoms with Crippen molar-refractivity contribution in [1.82, 2.24) is 5.16 Å². The third-order valence-corrected chi connectivity index (χ3v) is 3.67. The maximum atomic E-state index is 13.2. The van der Waals surface area contributed by atoms with E-state index in [2.05, 4.69) is 5.16 Å². The lowest BCUT2D eigenvalue weighted by atomic mass is 10.0. The van der Waals surface area contributed by atoms with E-state index in [1.54, 1.807) is 0 Å². The molecule has 2 aromatic rings. The number of hydrogen-bond donors (Lipinski definition) is 1. The predicted molar refractivity (Wildman–Crippen MR) is 76.4 cm³/mol. The van der Waals surface area contributed by atoms with E-state index in [1.807, 2.05) is 0 Å². The van der Waals surface area contributed by atoms with Crippen LogP contribution in [-0.4, -0.2) is 29.1 Å². The normalized spacial score (nSPS) is 19.4. The molecule has 1 N–H and O–H groups in total. The second-order valence-electron chi connectivity index (χ2n) is 5.28. The summed E-state index contributed by atoms with van der Waals surface area (Å²) in [5.41, 5.74) is 0.630. The summed E-state index contributed by atoms with van der Waals surface area (Å²) in [6, 6.07) is 5.63. The van der Waals surface area contributed by atoms with Gasteiger partial charge >= 0.3 is 5.97 Å². The molecule has 0 radical (unpaired) electrons. The summed E-state index contributed by atoms with van der Waals surface area (Å²) in [5.74, 6) is -1.55. The van der Waals surface area contributed by atoms with Crippen LogP contribution in [0.3, 0.4) is 0 Å². The molecule has 0 bridgehead atoms. The molecule has 0 aliphatic carbocycles. The Morgan fingerprint density at radius 3 is 2.78 bits per heavy atom. The summed E-state index contributed by atoms with van der Waals surface area (Å²) < 4.78 is 29.4. The first-order valence-electron chi connectivity index (χ1n) is 7.35. The van der Waals surface area contributed by atoms with E-state index in [-0.39, 0.29) is 17.1 Å². The first-order valence-corrected chi connectivity index (χ1v) is 7.35. The number of halogens is 1. The highest BCUT2D eigenvalue weighted by Crippen LogP contribution is 2.31. The van der Waals surface area contributed by atoms with Gasteiger partial charge in [-0.1, -0.05) is 17.3 Å². The number of aromatic nitrogens is 1. The Bertz CT molecular complexity index is 663. The zero-order valence-electron chi connectivity index (χ0n) is 12.3. The number of carbonyl (C=O) groups is 1. The maximum absolute atomic E-state index is 13.2. The van der Waals surface area contributed by atoms with Crippen LogP contribution in [0.2, 0.25) is 0 Å². The smallest absolute Gasteiger partial charge is 0.341 e. The number of benzene rings is 1. The predicted octanol–water partition coefficient (Wildman–Crippen LogP) is 3.14. The number of carboxylic acid groups (broad SMARTS) is 1. The number of aromatic carboxylic acids is 1. The highest BCUT2D eigenvalue weighted by molar-refractivity contribution is 5.88. The van der Waals surface area contributed by atoms with E-state index < -0.39 is 18.4 Å². The SMILES string of the molecule is O=C(O)c1conc1C(OC1CCCCO1)c1ccc(F)cc1. The van der Waals surface area contributed by atoms with Gasteiger partial charge in [-0.05, 0) is 37.0 Å². The number of ether oxygens (including phenoxy) is 2. The van der Waals surface area contributed by atoms with Gasteiger partial charge in [0.15, 0.2) is 6.29 Å².